The van der Waals surface area contributed by atoms with Gasteiger partial charge in [0.2, 0.25) is 0 Å². The second kappa shape index (κ2) is 6.08. The summed E-state index contributed by atoms with van der Waals surface area (Å²) in [5.74, 6) is 1.03. The largest absolute Gasteiger partial charge is 0.469 e. The molecule has 2 rings (SSSR count). The monoisotopic (exact) mass is 216 g/mol. The van der Waals surface area contributed by atoms with E-state index in [1.165, 1.54) is 0 Å². The van der Waals surface area contributed by atoms with Crippen LogP contribution in [0.3, 0.4) is 0 Å². The van der Waals surface area contributed by atoms with Gasteiger partial charge in [-0.3, -0.25) is 4.98 Å². The number of pyridine rings is 1. The zero-order chi connectivity index (χ0) is 11.1. The summed E-state index contributed by atoms with van der Waals surface area (Å²) in [5.41, 5.74) is 1.13. The predicted octanol–water partition coefficient (Wildman–Crippen LogP) is 2.05. The number of aromatic nitrogens is 1. The van der Waals surface area contributed by atoms with Crippen LogP contribution in [0, 0.1) is 0 Å². The first-order valence-corrected chi connectivity index (χ1v) is 5.58. The average Bonchev–Trinajstić information content (AvgIpc) is 2.83. The molecule has 0 unspecified atom stereocenters. The second-order valence-electron chi connectivity index (χ2n) is 3.65. The number of rotatable bonds is 6. The van der Waals surface area contributed by atoms with E-state index < -0.39 is 0 Å². The molecule has 0 aliphatic heterocycles. The average molecular weight is 216 g/mol. The number of hydrogen-bond acceptors (Lipinski definition) is 3. The number of nitrogens with zero attached hydrogens (tertiary/aromatic N) is 1. The lowest BCUT2D eigenvalue weighted by Crippen LogP contribution is -2.20. The van der Waals surface area contributed by atoms with E-state index in [4.69, 9.17) is 4.42 Å². The van der Waals surface area contributed by atoms with Crippen molar-refractivity contribution in [3.63, 3.8) is 0 Å². The molecule has 1 N–H and O–H groups in total. The van der Waals surface area contributed by atoms with Crippen LogP contribution >= 0.6 is 0 Å². The highest BCUT2D eigenvalue weighted by Gasteiger charge is 1.95. The van der Waals surface area contributed by atoms with Crippen molar-refractivity contribution in [1.29, 1.82) is 0 Å². The molecule has 0 aliphatic carbocycles. The van der Waals surface area contributed by atoms with Gasteiger partial charge in [0, 0.05) is 37.8 Å². The topological polar surface area (TPSA) is 38.1 Å². The summed E-state index contributed by atoms with van der Waals surface area (Å²) in [4.78, 5) is 4.27. The maximum Gasteiger partial charge on any atom is 0.105 e. The van der Waals surface area contributed by atoms with Gasteiger partial charge in [-0.15, -0.1) is 0 Å². The summed E-state index contributed by atoms with van der Waals surface area (Å²) in [6, 6.07) is 9.93. The highest BCUT2D eigenvalue weighted by molar-refractivity contribution is 5.03. The minimum atomic E-state index is 0.940. The summed E-state index contributed by atoms with van der Waals surface area (Å²) >= 11 is 0. The fourth-order valence-corrected chi connectivity index (χ4v) is 1.55. The molecule has 2 aromatic heterocycles. The molecule has 0 saturated heterocycles. The van der Waals surface area contributed by atoms with E-state index >= 15 is 0 Å². The van der Waals surface area contributed by atoms with Gasteiger partial charge >= 0.3 is 0 Å². The Kier molecular flexibility index (Phi) is 4.14. The van der Waals surface area contributed by atoms with Gasteiger partial charge in [0.05, 0.1) is 6.26 Å². The Bertz CT molecular complexity index is 384. The molecular weight excluding hydrogens is 200 g/mol. The Labute approximate surface area is 95.5 Å². The third-order valence-corrected chi connectivity index (χ3v) is 2.41. The molecule has 0 spiro atoms. The highest BCUT2D eigenvalue weighted by atomic mass is 16.3. The standard InChI is InChI=1S/C13H16N2O/c1-2-8-15-12(4-1)6-9-14-10-7-13-5-3-11-16-13/h1-5,8,11,14H,6-7,9-10H2. The summed E-state index contributed by atoms with van der Waals surface area (Å²) in [6.45, 7) is 1.90. The fraction of sp³-hybridized carbons (Fsp3) is 0.308. The van der Waals surface area contributed by atoms with E-state index in [-0.39, 0.29) is 0 Å². The van der Waals surface area contributed by atoms with Crippen molar-refractivity contribution in [2.24, 2.45) is 0 Å². The summed E-state index contributed by atoms with van der Waals surface area (Å²) in [7, 11) is 0. The van der Waals surface area contributed by atoms with Gasteiger partial charge < -0.3 is 9.73 Å². The summed E-state index contributed by atoms with van der Waals surface area (Å²) in [6.07, 6.45) is 5.45. The van der Waals surface area contributed by atoms with Gasteiger partial charge in [0.15, 0.2) is 0 Å². The molecule has 0 saturated carbocycles. The van der Waals surface area contributed by atoms with Gasteiger partial charge in [-0.2, -0.15) is 0 Å². The van der Waals surface area contributed by atoms with Crippen molar-refractivity contribution in [3.8, 4) is 0 Å². The molecule has 0 atom stereocenters. The molecule has 0 bridgehead atoms. The van der Waals surface area contributed by atoms with E-state index in [1.807, 2.05) is 36.5 Å². The second-order valence-corrected chi connectivity index (χ2v) is 3.65. The SMILES string of the molecule is c1ccc(CCNCCc2ccco2)nc1. The molecule has 0 fully saturated rings. The van der Waals surface area contributed by atoms with Crippen LogP contribution < -0.4 is 5.32 Å². The van der Waals surface area contributed by atoms with Crippen molar-refractivity contribution in [2.75, 3.05) is 13.1 Å². The lowest BCUT2D eigenvalue weighted by molar-refractivity contribution is 0.499. The first-order chi connectivity index (χ1) is 7.95. The van der Waals surface area contributed by atoms with Gasteiger partial charge in [0.25, 0.3) is 0 Å². The van der Waals surface area contributed by atoms with Crippen LogP contribution in [-0.2, 0) is 12.8 Å². The molecule has 84 valence electrons. The normalized spacial score (nSPS) is 10.5. The maximum atomic E-state index is 5.25. The summed E-state index contributed by atoms with van der Waals surface area (Å²) in [5, 5.41) is 3.37. The van der Waals surface area contributed by atoms with Gasteiger partial charge in [-0.1, -0.05) is 6.07 Å². The lowest BCUT2D eigenvalue weighted by Gasteiger charge is -2.02. The third-order valence-electron chi connectivity index (χ3n) is 2.41. The molecule has 2 heterocycles. The first-order valence-electron chi connectivity index (χ1n) is 5.58. The molecule has 0 amide bonds. The van der Waals surface area contributed by atoms with Gasteiger partial charge in [-0.05, 0) is 24.3 Å². The number of nitrogens with one attached hydrogen (secondary N) is 1. The van der Waals surface area contributed by atoms with E-state index in [9.17, 15) is 0 Å². The molecule has 16 heavy (non-hydrogen) atoms. The molecule has 0 aliphatic rings. The lowest BCUT2D eigenvalue weighted by atomic mass is 10.2. The number of hydrogen-bond donors (Lipinski definition) is 1. The Morgan fingerprint density at radius 3 is 2.75 bits per heavy atom. The zero-order valence-electron chi connectivity index (χ0n) is 9.23. The molecule has 0 radical (unpaired) electrons. The van der Waals surface area contributed by atoms with Crippen LogP contribution in [0.1, 0.15) is 11.5 Å². The summed E-state index contributed by atoms with van der Waals surface area (Å²) < 4.78 is 5.25. The van der Waals surface area contributed by atoms with E-state index in [0.717, 1.165) is 37.4 Å². The van der Waals surface area contributed by atoms with E-state index in [2.05, 4.69) is 10.3 Å². The number of furan rings is 1. The Hall–Kier alpha value is -1.61. The van der Waals surface area contributed by atoms with Crippen molar-refractivity contribution >= 4 is 0 Å². The van der Waals surface area contributed by atoms with Gasteiger partial charge in [0.1, 0.15) is 5.76 Å². The predicted molar refractivity (Wildman–Crippen MR) is 63.2 cm³/mol. The van der Waals surface area contributed by atoms with Crippen molar-refractivity contribution in [1.82, 2.24) is 10.3 Å². The first kappa shape index (κ1) is 10.9. The quantitative estimate of drug-likeness (QED) is 0.751. The van der Waals surface area contributed by atoms with Crippen molar-refractivity contribution < 1.29 is 4.42 Å². The Balaban J connectivity index is 1.59. The molecule has 2 aromatic rings. The highest BCUT2D eigenvalue weighted by Crippen LogP contribution is 1.99. The Morgan fingerprint density at radius 2 is 2.00 bits per heavy atom. The van der Waals surface area contributed by atoms with Crippen LogP contribution in [0.2, 0.25) is 0 Å². The van der Waals surface area contributed by atoms with Crippen LogP contribution in [0.5, 0.6) is 0 Å². The van der Waals surface area contributed by atoms with Crippen LogP contribution in [0.25, 0.3) is 0 Å². The van der Waals surface area contributed by atoms with Crippen LogP contribution in [0.15, 0.2) is 47.2 Å². The maximum absolute atomic E-state index is 5.25. The minimum Gasteiger partial charge on any atom is -0.469 e. The van der Waals surface area contributed by atoms with Gasteiger partial charge in [-0.25, -0.2) is 0 Å². The van der Waals surface area contributed by atoms with Crippen LogP contribution in [-0.4, -0.2) is 18.1 Å². The van der Waals surface area contributed by atoms with E-state index in [0.29, 0.717) is 0 Å². The molecule has 3 nitrogen and oxygen atoms in total. The van der Waals surface area contributed by atoms with Crippen molar-refractivity contribution in [2.45, 2.75) is 12.8 Å². The molecule has 3 heteroatoms. The fourth-order valence-electron chi connectivity index (χ4n) is 1.55. The zero-order valence-corrected chi connectivity index (χ0v) is 9.23. The molecule has 0 aromatic carbocycles. The Morgan fingerprint density at radius 1 is 1.06 bits per heavy atom. The third kappa shape index (κ3) is 3.51. The minimum absolute atomic E-state index is 0.940. The van der Waals surface area contributed by atoms with Crippen LogP contribution in [0.4, 0.5) is 0 Å². The molecular formula is C13H16N2O. The van der Waals surface area contributed by atoms with E-state index in [1.54, 1.807) is 6.26 Å². The van der Waals surface area contributed by atoms with Crippen molar-refractivity contribution in [3.05, 3.63) is 54.2 Å². The smallest absolute Gasteiger partial charge is 0.105 e.